The summed E-state index contributed by atoms with van der Waals surface area (Å²) in [6.07, 6.45) is 0.823. The Bertz CT molecular complexity index is 531. The van der Waals surface area contributed by atoms with Gasteiger partial charge >= 0.3 is 0 Å². The van der Waals surface area contributed by atoms with E-state index >= 15 is 0 Å². The average Bonchev–Trinajstić information content (AvgIpc) is 2.64. The second kappa shape index (κ2) is 5.02. The third-order valence-corrected chi connectivity index (χ3v) is 3.61. The van der Waals surface area contributed by atoms with Gasteiger partial charge in [0.2, 0.25) is 0 Å². The SMILES string of the molecule is Cc1cc(-n2nc(CCN)cc2C)ccc1Br. The maximum Gasteiger partial charge on any atom is 0.0652 e. The first kappa shape index (κ1) is 12.3. The predicted molar refractivity (Wildman–Crippen MR) is 73.5 cm³/mol. The molecule has 0 amide bonds. The van der Waals surface area contributed by atoms with Crippen molar-refractivity contribution in [2.24, 2.45) is 5.73 Å². The molecule has 0 aliphatic heterocycles. The fourth-order valence-electron chi connectivity index (χ4n) is 1.83. The number of halogens is 1. The molecule has 0 unspecified atom stereocenters. The van der Waals surface area contributed by atoms with Gasteiger partial charge in [-0.15, -0.1) is 0 Å². The Labute approximate surface area is 110 Å². The topological polar surface area (TPSA) is 43.8 Å². The van der Waals surface area contributed by atoms with Crippen molar-refractivity contribution in [3.8, 4) is 5.69 Å². The van der Waals surface area contributed by atoms with E-state index in [2.05, 4.69) is 53.1 Å². The molecule has 2 aromatic rings. The summed E-state index contributed by atoms with van der Waals surface area (Å²) in [6.45, 7) is 4.77. The van der Waals surface area contributed by atoms with Gasteiger partial charge in [-0.05, 0) is 50.2 Å². The average molecular weight is 294 g/mol. The fraction of sp³-hybridized carbons (Fsp3) is 0.308. The Morgan fingerprint density at radius 3 is 2.71 bits per heavy atom. The molecule has 2 rings (SSSR count). The van der Waals surface area contributed by atoms with Crippen molar-refractivity contribution in [2.45, 2.75) is 20.3 Å². The van der Waals surface area contributed by atoms with Gasteiger partial charge in [0.05, 0.1) is 11.4 Å². The van der Waals surface area contributed by atoms with Crippen LogP contribution in [0.3, 0.4) is 0 Å². The van der Waals surface area contributed by atoms with Crippen LogP contribution >= 0.6 is 15.9 Å². The molecular formula is C13H16BrN3. The van der Waals surface area contributed by atoms with Crippen LogP contribution in [0.4, 0.5) is 0 Å². The Morgan fingerprint density at radius 1 is 1.29 bits per heavy atom. The van der Waals surface area contributed by atoms with E-state index < -0.39 is 0 Å². The zero-order chi connectivity index (χ0) is 12.4. The van der Waals surface area contributed by atoms with Crippen LogP contribution in [0.1, 0.15) is 17.0 Å². The lowest BCUT2D eigenvalue weighted by Crippen LogP contribution is -2.04. The Hall–Kier alpha value is -1.13. The lowest BCUT2D eigenvalue weighted by Gasteiger charge is -2.06. The Kier molecular flexibility index (Phi) is 3.64. The first-order chi connectivity index (χ1) is 8.11. The molecule has 1 aromatic heterocycles. The van der Waals surface area contributed by atoms with Crippen molar-refractivity contribution < 1.29 is 0 Å². The number of benzene rings is 1. The van der Waals surface area contributed by atoms with Gasteiger partial charge in [0.1, 0.15) is 0 Å². The Balaban J connectivity index is 2.41. The van der Waals surface area contributed by atoms with Gasteiger partial charge in [-0.2, -0.15) is 5.10 Å². The highest BCUT2D eigenvalue weighted by molar-refractivity contribution is 9.10. The van der Waals surface area contributed by atoms with E-state index in [9.17, 15) is 0 Å². The molecule has 2 N–H and O–H groups in total. The molecule has 0 saturated heterocycles. The van der Waals surface area contributed by atoms with Crippen molar-refractivity contribution in [1.29, 1.82) is 0 Å². The molecule has 0 fully saturated rings. The largest absolute Gasteiger partial charge is 0.330 e. The summed E-state index contributed by atoms with van der Waals surface area (Å²) in [6, 6.07) is 8.32. The van der Waals surface area contributed by atoms with Crippen LogP contribution in [0.15, 0.2) is 28.7 Å². The van der Waals surface area contributed by atoms with E-state index in [1.807, 2.05) is 10.7 Å². The first-order valence-electron chi connectivity index (χ1n) is 5.64. The van der Waals surface area contributed by atoms with E-state index in [1.165, 1.54) is 5.56 Å². The van der Waals surface area contributed by atoms with E-state index in [0.29, 0.717) is 6.54 Å². The fourth-order valence-corrected chi connectivity index (χ4v) is 2.08. The van der Waals surface area contributed by atoms with Crippen LogP contribution in [-0.2, 0) is 6.42 Å². The molecule has 0 aliphatic carbocycles. The number of hydrogen-bond acceptors (Lipinski definition) is 2. The van der Waals surface area contributed by atoms with Crippen LogP contribution in [-0.4, -0.2) is 16.3 Å². The number of nitrogens with two attached hydrogens (primary N) is 1. The minimum absolute atomic E-state index is 0.635. The van der Waals surface area contributed by atoms with Crippen molar-refractivity contribution in [3.05, 3.63) is 45.7 Å². The first-order valence-corrected chi connectivity index (χ1v) is 6.43. The normalized spacial score (nSPS) is 10.8. The molecule has 3 nitrogen and oxygen atoms in total. The van der Waals surface area contributed by atoms with Crippen LogP contribution in [0, 0.1) is 13.8 Å². The summed E-state index contributed by atoms with van der Waals surface area (Å²) in [7, 11) is 0. The minimum atomic E-state index is 0.635. The molecule has 0 atom stereocenters. The lowest BCUT2D eigenvalue weighted by atomic mass is 10.2. The second-order valence-electron chi connectivity index (χ2n) is 4.16. The van der Waals surface area contributed by atoms with Gasteiger partial charge in [-0.1, -0.05) is 15.9 Å². The third-order valence-electron chi connectivity index (χ3n) is 2.72. The zero-order valence-electron chi connectivity index (χ0n) is 10.1. The summed E-state index contributed by atoms with van der Waals surface area (Å²) in [4.78, 5) is 0. The molecular weight excluding hydrogens is 278 g/mol. The predicted octanol–water partition coefficient (Wildman–Crippen LogP) is 2.75. The van der Waals surface area contributed by atoms with Gasteiger partial charge in [0.25, 0.3) is 0 Å². The highest BCUT2D eigenvalue weighted by Gasteiger charge is 2.06. The third kappa shape index (κ3) is 2.58. The molecule has 0 radical (unpaired) electrons. The van der Waals surface area contributed by atoms with E-state index in [-0.39, 0.29) is 0 Å². The van der Waals surface area contributed by atoms with Crippen molar-refractivity contribution in [1.82, 2.24) is 9.78 Å². The summed E-state index contributed by atoms with van der Waals surface area (Å²) in [5.41, 5.74) is 10.0. The summed E-state index contributed by atoms with van der Waals surface area (Å²) in [5, 5.41) is 4.56. The number of aryl methyl sites for hydroxylation is 2. The van der Waals surface area contributed by atoms with Gasteiger partial charge in [-0.25, -0.2) is 4.68 Å². The molecule has 0 aliphatic rings. The number of aromatic nitrogens is 2. The monoisotopic (exact) mass is 293 g/mol. The molecule has 90 valence electrons. The van der Waals surface area contributed by atoms with Crippen LogP contribution in [0.2, 0.25) is 0 Å². The number of nitrogens with zero attached hydrogens (tertiary/aromatic N) is 2. The molecule has 17 heavy (non-hydrogen) atoms. The molecule has 0 bridgehead atoms. The number of hydrogen-bond donors (Lipinski definition) is 1. The minimum Gasteiger partial charge on any atom is -0.330 e. The molecule has 0 spiro atoms. The van der Waals surface area contributed by atoms with Gasteiger partial charge < -0.3 is 5.73 Å². The van der Waals surface area contributed by atoms with Gasteiger partial charge in [0.15, 0.2) is 0 Å². The quantitative estimate of drug-likeness (QED) is 0.946. The van der Waals surface area contributed by atoms with E-state index in [0.717, 1.165) is 28.0 Å². The van der Waals surface area contributed by atoms with Gasteiger partial charge in [-0.3, -0.25) is 0 Å². The van der Waals surface area contributed by atoms with Gasteiger partial charge in [0, 0.05) is 16.6 Å². The molecule has 0 saturated carbocycles. The maximum absolute atomic E-state index is 5.55. The lowest BCUT2D eigenvalue weighted by molar-refractivity contribution is 0.803. The second-order valence-corrected chi connectivity index (χ2v) is 5.02. The van der Waals surface area contributed by atoms with E-state index in [4.69, 9.17) is 5.73 Å². The van der Waals surface area contributed by atoms with Crippen molar-refractivity contribution in [3.63, 3.8) is 0 Å². The molecule has 1 aromatic carbocycles. The summed E-state index contributed by atoms with van der Waals surface area (Å²) in [5.74, 6) is 0. The highest BCUT2D eigenvalue weighted by Crippen LogP contribution is 2.20. The zero-order valence-corrected chi connectivity index (χ0v) is 11.7. The van der Waals surface area contributed by atoms with E-state index in [1.54, 1.807) is 0 Å². The molecule has 4 heteroatoms. The van der Waals surface area contributed by atoms with Crippen molar-refractivity contribution in [2.75, 3.05) is 6.54 Å². The highest BCUT2D eigenvalue weighted by atomic mass is 79.9. The summed E-state index contributed by atoms with van der Waals surface area (Å²) < 4.78 is 3.08. The maximum atomic E-state index is 5.55. The Morgan fingerprint density at radius 2 is 2.06 bits per heavy atom. The van der Waals surface area contributed by atoms with Crippen molar-refractivity contribution >= 4 is 15.9 Å². The standard InChI is InChI=1S/C13H16BrN3/c1-9-7-12(3-4-13(9)14)17-10(2)8-11(16-17)5-6-15/h3-4,7-8H,5-6,15H2,1-2H3. The molecule has 1 heterocycles. The van der Waals surface area contributed by atoms with Crippen LogP contribution < -0.4 is 5.73 Å². The smallest absolute Gasteiger partial charge is 0.0652 e. The number of rotatable bonds is 3. The van der Waals surface area contributed by atoms with Crippen LogP contribution in [0.5, 0.6) is 0 Å². The summed E-state index contributed by atoms with van der Waals surface area (Å²) >= 11 is 3.50. The van der Waals surface area contributed by atoms with Crippen LogP contribution in [0.25, 0.3) is 5.69 Å².